The molecule has 2 aromatic rings. The number of aryl methyl sites for hydroxylation is 1. The van der Waals surface area contributed by atoms with Crippen molar-refractivity contribution < 1.29 is 14.3 Å². The molecular formula is C25H36N6O3. The number of carbonyl (C=O) groups excluding carboxylic acids is 2. The summed E-state index contributed by atoms with van der Waals surface area (Å²) in [4.78, 5) is 34.4. The number of nitrogens with one attached hydrogen (secondary N) is 2. The number of hydrogen-bond acceptors (Lipinski definition) is 6. The van der Waals surface area contributed by atoms with E-state index in [-0.39, 0.29) is 12.0 Å². The number of anilines is 2. The number of aromatic nitrogens is 3. The predicted molar refractivity (Wildman–Crippen MR) is 130 cm³/mol. The molecule has 4 rings (SSSR count). The third kappa shape index (κ3) is 5.87. The average molecular weight is 469 g/mol. The molecule has 4 heterocycles. The molecule has 9 heteroatoms. The summed E-state index contributed by atoms with van der Waals surface area (Å²) < 4.78 is 5.57. The molecule has 2 aromatic heterocycles. The van der Waals surface area contributed by atoms with Crippen molar-refractivity contribution in [1.29, 1.82) is 0 Å². The van der Waals surface area contributed by atoms with E-state index in [1.54, 1.807) is 4.90 Å². The Kier molecular flexibility index (Phi) is 7.09. The molecule has 0 spiro atoms. The highest BCUT2D eigenvalue weighted by Crippen LogP contribution is 2.30. The van der Waals surface area contributed by atoms with Crippen LogP contribution in [0, 0.1) is 6.92 Å². The molecule has 2 N–H and O–H groups in total. The molecule has 184 valence electrons. The number of rotatable bonds is 4. The highest BCUT2D eigenvalue weighted by atomic mass is 16.6. The van der Waals surface area contributed by atoms with Crippen molar-refractivity contribution >= 4 is 23.6 Å². The Bertz CT molecular complexity index is 1010. The first-order valence-corrected chi connectivity index (χ1v) is 12.2. The topological polar surface area (TPSA) is 103 Å². The van der Waals surface area contributed by atoms with E-state index in [9.17, 15) is 9.59 Å². The van der Waals surface area contributed by atoms with E-state index < -0.39 is 11.6 Å². The molecule has 0 aromatic carbocycles. The fraction of sp³-hybridized carbons (Fsp3) is 0.600. The van der Waals surface area contributed by atoms with Crippen LogP contribution in [-0.4, -0.2) is 68.3 Å². The van der Waals surface area contributed by atoms with Gasteiger partial charge in [0.15, 0.2) is 5.82 Å². The van der Waals surface area contributed by atoms with E-state index in [1.807, 2.05) is 50.8 Å². The fourth-order valence-electron chi connectivity index (χ4n) is 4.70. The van der Waals surface area contributed by atoms with Gasteiger partial charge in [-0.2, -0.15) is 5.10 Å². The zero-order valence-corrected chi connectivity index (χ0v) is 20.6. The summed E-state index contributed by atoms with van der Waals surface area (Å²) in [5.41, 5.74) is 1.43. The Hall–Kier alpha value is -3.10. The van der Waals surface area contributed by atoms with Gasteiger partial charge < -0.3 is 15.0 Å². The quantitative estimate of drug-likeness (QED) is 0.691. The molecule has 0 radical (unpaired) electrons. The monoisotopic (exact) mass is 468 g/mol. The van der Waals surface area contributed by atoms with Crippen LogP contribution >= 0.6 is 0 Å². The summed E-state index contributed by atoms with van der Waals surface area (Å²) in [6.07, 6.45) is 3.86. The molecule has 0 saturated carbocycles. The standard InChI is InChI=1S/C25H36N6O3/c1-17-16-22(29-28-17)27-21-10-7-8-19(26-21)18-11-14-30(15-12-18)23(32)20-9-5-6-13-31(20)24(33)34-25(2,3)4/h7-8,10,16,18,20H,5-6,9,11-15H2,1-4H3,(H2,26,27,28,29)/t20-/m1/s1. The lowest BCUT2D eigenvalue weighted by Crippen LogP contribution is -2.55. The van der Waals surface area contributed by atoms with Gasteiger partial charge in [-0.1, -0.05) is 6.07 Å². The molecule has 0 bridgehead atoms. The highest BCUT2D eigenvalue weighted by molar-refractivity contribution is 5.86. The number of ether oxygens (including phenoxy) is 1. The number of hydrogen-bond donors (Lipinski definition) is 2. The van der Waals surface area contributed by atoms with Gasteiger partial charge >= 0.3 is 6.09 Å². The third-order valence-corrected chi connectivity index (χ3v) is 6.37. The molecule has 2 amide bonds. The first kappa shape index (κ1) is 24.0. The smallest absolute Gasteiger partial charge is 0.410 e. The van der Waals surface area contributed by atoms with Gasteiger partial charge in [-0.15, -0.1) is 0 Å². The molecule has 34 heavy (non-hydrogen) atoms. The summed E-state index contributed by atoms with van der Waals surface area (Å²) in [5, 5.41) is 10.4. The summed E-state index contributed by atoms with van der Waals surface area (Å²) in [7, 11) is 0. The van der Waals surface area contributed by atoms with Crippen molar-refractivity contribution in [2.75, 3.05) is 25.0 Å². The van der Waals surface area contributed by atoms with Crippen molar-refractivity contribution in [2.24, 2.45) is 0 Å². The van der Waals surface area contributed by atoms with Gasteiger partial charge in [-0.25, -0.2) is 9.78 Å². The van der Waals surface area contributed by atoms with E-state index in [4.69, 9.17) is 9.72 Å². The highest BCUT2D eigenvalue weighted by Gasteiger charge is 2.38. The molecule has 2 aliphatic heterocycles. The normalized spacial score (nSPS) is 19.7. The molecular weight excluding hydrogens is 432 g/mol. The van der Waals surface area contributed by atoms with Crippen LogP contribution in [0.3, 0.4) is 0 Å². The maximum Gasteiger partial charge on any atom is 0.410 e. The summed E-state index contributed by atoms with van der Waals surface area (Å²) in [5.74, 6) is 1.84. The van der Waals surface area contributed by atoms with Crippen LogP contribution in [0.15, 0.2) is 24.3 Å². The number of pyridine rings is 1. The van der Waals surface area contributed by atoms with E-state index in [0.717, 1.165) is 48.7 Å². The van der Waals surface area contributed by atoms with E-state index in [2.05, 4.69) is 21.6 Å². The van der Waals surface area contributed by atoms with Crippen LogP contribution in [0.4, 0.5) is 16.4 Å². The van der Waals surface area contributed by atoms with Crippen LogP contribution in [-0.2, 0) is 9.53 Å². The minimum Gasteiger partial charge on any atom is -0.444 e. The van der Waals surface area contributed by atoms with Gasteiger partial charge in [0.1, 0.15) is 17.5 Å². The van der Waals surface area contributed by atoms with Crippen LogP contribution < -0.4 is 5.32 Å². The Morgan fingerprint density at radius 3 is 2.53 bits per heavy atom. The Balaban J connectivity index is 1.36. The summed E-state index contributed by atoms with van der Waals surface area (Å²) in [6, 6.07) is 7.49. The summed E-state index contributed by atoms with van der Waals surface area (Å²) >= 11 is 0. The zero-order chi connectivity index (χ0) is 24.3. The Labute approximate surface area is 201 Å². The maximum atomic E-state index is 13.4. The number of amides is 2. The lowest BCUT2D eigenvalue weighted by atomic mass is 9.92. The van der Waals surface area contributed by atoms with Crippen LogP contribution in [0.25, 0.3) is 0 Å². The third-order valence-electron chi connectivity index (χ3n) is 6.37. The number of piperidine rings is 2. The lowest BCUT2D eigenvalue weighted by molar-refractivity contribution is -0.139. The number of likely N-dealkylation sites (tertiary alicyclic amines) is 2. The van der Waals surface area contributed by atoms with Gasteiger partial charge in [-0.05, 0) is 71.9 Å². The maximum absolute atomic E-state index is 13.4. The Morgan fingerprint density at radius 1 is 1.09 bits per heavy atom. The first-order valence-electron chi connectivity index (χ1n) is 12.2. The number of nitrogens with zero attached hydrogens (tertiary/aromatic N) is 4. The molecule has 9 nitrogen and oxygen atoms in total. The van der Waals surface area contributed by atoms with Crippen LogP contribution in [0.2, 0.25) is 0 Å². The largest absolute Gasteiger partial charge is 0.444 e. The number of carbonyl (C=O) groups is 2. The second kappa shape index (κ2) is 10.0. The van der Waals surface area contributed by atoms with Gasteiger partial charge in [-0.3, -0.25) is 14.8 Å². The lowest BCUT2D eigenvalue weighted by Gasteiger charge is -2.40. The molecule has 0 unspecified atom stereocenters. The second-order valence-electron chi connectivity index (χ2n) is 10.3. The zero-order valence-electron chi connectivity index (χ0n) is 20.6. The van der Waals surface area contributed by atoms with Crippen molar-refractivity contribution in [3.05, 3.63) is 35.7 Å². The first-order chi connectivity index (χ1) is 16.2. The van der Waals surface area contributed by atoms with Gasteiger partial charge in [0.2, 0.25) is 5.91 Å². The van der Waals surface area contributed by atoms with Gasteiger partial charge in [0.25, 0.3) is 0 Å². The SMILES string of the molecule is Cc1cc(Nc2cccc(C3CCN(C(=O)[C@H]4CCCCN4C(=O)OC(C)(C)C)CC3)n2)n[nH]1. The molecule has 2 aliphatic rings. The molecule has 0 aliphatic carbocycles. The average Bonchev–Trinajstić information content (AvgIpc) is 3.22. The van der Waals surface area contributed by atoms with E-state index >= 15 is 0 Å². The molecule has 2 saturated heterocycles. The van der Waals surface area contributed by atoms with Crippen molar-refractivity contribution in [2.45, 2.75) is 77.4 Å². The van der Waals surface area contributed by atoms with Gasteiger partial charge in [0, 0.05) is 43.0 Å². The predicted octanol–water partition coefficient (Wildman–Crippen LogP) is 4.35. The molecule has 2 fully saturated rings. The minimum absolute atomic E-state index is 0.0429. The van der Waals surface area contributed by atoms with Crippen LogP contribution in [0.5, 0.6) is 0 Å². The number of H-pyrrole nitrogens is 1. The summed E-state index contributed by atoms with van der Waals surface area (Å²) in [6.45, 7) is 9.42. The van der Waals surface area contributed by atoms with Crippen molar-refractivity contribution in [3.63, 3.8) is 0 Å². The van der Waals surface area contributed by atoms with Crippen LogP contribution in [0.1, 0.15) is 70.2 Å². The van der Waals surface area contributed by atoms with E-state index in [0.29, 0.717) is 32.0 Å². The Morgan fingerprint density at radius 2 is 1.85 bits per heavy atom. The van der Waals surface area contributed by atoms with Gasteiger partial charge in [0.05, 0.1) is 0 Å². The minimum atomic E-state index is -0.577. The van der Waals surface area contributed by atoms with E-state index in [1.165, 1.54) is 0 Å². The van der Waals surface area contributed by atoms with Crippen molar-refractivity contribution in [3.8, 4) is 0 Å². The second-order valence-corrected chi connectivity index (χ2v) is 10.3. The molecule has 1 atom stereocenters. The fourth-order valence-corrected chi connectivity index (χ4v) is 4.70. The van der Waals surface area contributed by atoms with Crippen molar-refractivity contribution in [1.82, 2.24) is 25.0 Å². The number of aromatic amines is 1.